The van der Waals surface area contributed by atoms with Gasteiger partial charge < -0.3 is 4.74 Å². The Morgan fingerprint density at radius 2 is 1.79 bits per heavy atom. The summed E-state index contributed by atoms with van der Waals surface area (Å²) in [4.78, 5) is 33.7. The fourth-order valence-corrected chi connectivity index (χ4v) is 1.19. The van der Waals surface area contributed by atoms with E-state index < -0.39 is 30.0 Å². The molecule has 0 aromatic heterocycles. The Morgan fingerprint density at radius 3 is 2.37 bits per heavy atom. The fraction of sp³-hybridized carbons (Fsp3) is 0.250. The summed E-state index contributed by atoms with van der Waals surface area (Å²) in [6, 6.07) is 4.77. The number of carbonyl (C=O) groups is 3. The van der Waals surface area contributed by atoms with Gasteiger partial charge in [-0.15, -0.1) is 0 Å². The van der Waals surface area contributed by atoms with Crippen molar-refractivity contribution in [1.82, 2.24) is 10.9 Å². The lowest BCUT2D eigenvalue weighted by Gasteiger charge is -2.07. The highest BCUT2D eigenvalue weighted by Gasteiger charge is 2.11. The summed E-state index contributed by atoms with van der Waals surface area (Å²) in [5.74, 6) is -2.47. The quantitative estimate of drug-likeness (QED) is 0.474. The van der Waals surface area contributed by atoms with Crippen molar-refractivity contribution in [3.05, 3.63) is 35.6 Å². The number of rotatable bonds is 4. The van der Waals surface area contributed by atoms with Crippen LogP contribution in [0.25, 0.3) is 0 Å². The van der Waals surface area contributed by atoms with Gasteiger partial charge in [0.1, 0.15) is 12.2 Å². The minimum Gasteiger partial charge on any atom is -0.466 e. The molecule has 7 heteroatoms. The second-order valence-corrected chi connectivity index (χ2v) is 3.49. The summed E-state index contributed by atoms with van der Waals surface area (Å²) in [5, 5.41) is 0. The molecule has 1 aromatic carbocycles. The van der Waals surface area contributed by atoms with E-state index in [-0.39, 0.29) is 12.2 Å². The lowest BCUT2D eigenvalue weighted by atomic mass is 10.2. The van der Waals surface area contributed by atoms with E-state index in [1.165, 1.54) is 12.1 Å². The van der Waals surface area contributed by atoms with Gasteiger partial charge in [-0.1, -0.05) is 0 Å². The van der Waals surface area contributed by atoms with E-state index in [0.29, 0.717) is 0 Å². The molecule has 0 radical (unpaired) electrons. The highest BCUT2D eigenvalue weighted by Crippen LogP contribution is 2.01. The largest absolute Gasteiger partial charge is 0.466 e. The molecule has 0 aliphatic rings. The van der Waals surface area contributed by atoms with Gasteiger partial charge in [-0.05, 0) is 31.2 Å². The van der Waals surface area contributed by atoms with Crippen molar-refractivity contribution in [2.45, 2.75) is 13.3 Å². The Morgan fingerprint density at radius 1 is 1.16 bits per heavy atom. The van der Waals surface area contributed by atoms with Crippen molar-refractivity contribution in [3.8, 4) is 0 Å². The van der Waals surface area contributed by atoms with Gasteiger partial charge in [0.2, 0.25) is 5.91 Å². The molecule has 6 nitrogen and oxygen atoms in total. The van der Waals surface area contributed by atoms with Gasteiger partial charge in [0.15, 0.2) is 0 Å². The molecule has 0 spiro atoms. The second-order valence-electron chi connectivity index (χ2n) is 3.49. The van der Waals surface area contributed by atoms with E-state index in [2.05, 4.69) is 15.6 Å². The summed E-state index contributed by atoms with van der Waals surface area (Å²) >= 11 is 0. The number of halogens is 1. The lowest BCUT2D eigenvalue weighted by molar-refractivity contribution is -0.146. The van der Waals surface area contributed by atoms with Gasteiger partial charge >= 0.3 is 5.97 Å². The van der Waals surface area contributed by atoms with Gasteiger partial charge in [0, 0.05) is 5.56 Å². The third-order valence-electron chi connectivity index (χ3n) is 2.03. The zero-order valence-corrected chi connectivity index (χ0v) is 10.2. The number of esters is 1. The van der Waals surface area contributed by atoms with E-state index in [1.807, 2.05) is 0 Å². The van der Waals surface area contributed by atoms with Crippen LogP contribution in [0.5, 0.6) is 0 Å². The molecule has 0 unspecified atom stereocenters. The Balaban J connectivity index is 2.40. The Bertz CT molecular complexity index is 473. The normalized spacial score (nSPS) is 9.58. The number of benzene rings is 1. The smallest absolute Gasteiger partial charge is 0.315 e. The average Bonchev–Trinajstić information content (AvgIpc) is 2.37. The highest BCUT2D eigenvalue weighted by molar-refractivity contribution is 5.98. The zero-order chi connectivity index (χ0) is 14.3. The third kappa shape index (κ3) is 5.15. The van der Waals surface area contributed by atoms with Crippen LogP contribution in [0.2, 0.25) is 0 Å². The number of hydrazine groups is 1. The van der Waals surface area contributed by atoms with Crippen LogP contribution in [-0.4, -0.2) is 24.4 Å². The van der Waals surface area contributed by atoms with E-state index >= 15 is 0 Å². The minimum atomic E-state index is -0.700. The van der Waals surface area contributed by atoms with Crippen LogP contribution in [0.15, 0.2) is 24.3 Å². The predicted molar refractivity (Wildman–Crippen MR) is 63.3 cm³/mol. The molecule has 102 valence electrons. The standard InChI is InChI=1S/C12H13FN2O4/c1-2-19-11(17)7-10(16)14-15-12(18)8-3-5-9(13)6-4-8/h3-6H,2,7H2,1H3,(H,14,16)(H,15,18). The molecule has 1 rings (SSSR count). The maximum atomic E-state index is 12.6. The molecule has 0 aliphatic heterocycles. The molecule has 2 amide bonds. The van der Waals surface area contributed by atoms with Gasteiger partial charge in [-0.2, -0.15) is 0 Å². The molecule has 0 atom stereocenters. The van der Waals surface area contributed by atoms with Gasteiger partial charge in [-0.25, -0.2) is 4.39 Å². The Hall–Kier alpha value is -2.44. The van der Waals surface area contributed by atoms with E-state index in [0.717, 1.165) is 12.1 Å². The van der Waals surface area contributed by atoms with E-state index in [4.69, 9.17) is 0 Å². The molecular weight excluding hydrogens is 255 g/mol. The van der Waals surface area contributed by atoms with Crippen LogP contribution in [0.3, 0.4) is 0 Å². The summed E-state index contributed by atoms with van der Waals surface area (Å²) in [6.45, 7) is 1.79. The zero-order valence-electron chi connectivity index (χ0n) is 10.2. The van der Waals surface area contributed by atoms with E-state index in [9.17, 15) is 18.8 Å². The van der Waals surface area contributed by atoms with Crippen LogP contribution < -0.4 is 10.9 Å². The molecular formula is C12H13FN2O4. The van der Waals surface area contributed by atoms with Gasteiger partial charge in [0.25, 0.3) is 5.91 Å². The average molecular weight is 268 g/mol. The Labute approximate surface area is 108 Å². The van der Waals surface area contributed by atoms with Crippen LogP contribution in [0.1, 0.15) is 23.7 Å². The van der Waals surface area contributed by atoms with Crippen molar-refractivity contribution < 1.29 is 23.5 Å². The first kappa shape index (κ1) is 14.6. The maximum absolute atomic E-state index is 12.6. The molecule has 19 heavy (non-hydrogen) atoms. The molecule has 1 aromatic rings. The van der Waals surface area contributed by atoms with Crippen LogP contribution in [0.4, 0.5) is 4.39 Å². The number of hydrogen-bond donors (Lipinski definition) is 2. The summed E-state index contributed by atoms with van der Waals surface area (Å²) in [7, 11) is 0. The van der Waals surface area contributed by atoms with Crippen LogP contribution in [0, 0.1) is 5.82 Å². The SMILES string of the molecule is CCOC(=O)CC(=O)NNC(=O)c1ccc(F)cc1. The number of hydrogen-bond acceptors (Lipinski definition) is 4. The minimum absolute atomic E-state index is 0.175. The Kier molecular flexibility index (Phi) is 5.46. The first-order chi connectivity index (χ1) is 9.02. The molecule has 0 bridgehead atoms. The number of amides is 2. The number of ether oxygens (including phenoxy) is 1. The number of carbonyl (C=O) groups excluding carboxylic acids is 3. The lowest BCUT2D eigenvalue weighted by Crippen LogP contribution is -2.42. The van der Waals surface area contributed by atoms with Crippen LogP contribution >= 0.6 is 0 Å². The first-order valence-electron chi connectivity index (χ1n) is 5.53. The van der Waals surface area contributed by atoms with Crippen LogP contribution in [-0.2, 0) is 14.3 Å². The summed E-state index contributed by atoms with van der Waals surface area (Å²) < 4.78 is 17.2. The van der Waals surface area contributed by atoms with Gasteiger partial charge in [0.05, 0.1) is 6.61 Å². The monoisotopic (exact) mass is 268 g/mol. The topological polar surface area (TPSA) is 84.5 Å². The van der Waals surface area contributed by atoms with Crippen molar-refractivity contribution in [2.75, 3.05) is 6.61 Å². The molecule has 0 aliphatic carbocycles. The molecule has 0 saturated heterocycles. The van der Waals surface area contributed by atoms with Crippen molar-refractivity contribution >= 4 is 17.8 Å². The highest BCUT2D eigenvalue weighted by atomic mass is 19.1. The number of nitrogens with one attached hydrogen (secondary N) is 2. The second kappa shape index (κ2) is 7.10. The molecule has 0 heterocycles. The summed E-state index contributed by atoms with van der Waals surface area (Å²) in [6.07, 6.45) is -0.489. The van der Waals surface area contributed by atoms with E-state index in [1.54, 1.807) is 6.92 Å². The molecule has 2 N–H and O–H groups in total. The third-order valence-corrected chi connectivity index (χ3v) is 2.03. The van der Waals surface area contributed by atoms with Crippen molar-refractivity contribution in [1.29, 1.82) is 0 Å². The summed E-state index contributed by atoms with van der Waals surface area (Å²) in [5.41, 5.74) is 4.33. The maximum Gasteiger partial charge on any atom is 0.315 e. The molecule has 0 saturated carbocycles. The fourth-order valence-electron chi connectivity index (χ4n) is 1.19. The first-order valence-corrected chi connectivity index (χ1v) is 5.53. The molecule has 0 fully saturated rings. The predicted octanol–water partition coefficient (Wildman–Crippen LogP) is 0.540. The van der Waals surface area contributed by atoms with Crippen molar-refractivity contribution in [2.24, 2.45) is 0 Å². The van der Waals surface area contributed by atoms with Gasteiger partial charge in [-0.3, -0.25) is 25.2 Å². The van der Waals surface area contributed by atoms with Crippen molar-refractivity contribution in [3.63, 3.8) is 0 Å².